The number of para-hydroxylation sites is 1. The molecule has 0 aliphatic rings. The van der Waals surface area contributed by atoms with Gasteiger partial charge in [-0.3, -0.25) is 9.97 Å². The van der Waals surface area contributed by atoms with E-state index in [2.05, 4.69) is 15.3 Å². The molecule has 0 radical (unpaired) electrons. The second-order valence-electron chi connectivity index (χ2n) is 4.04. The van der Waals surface area contributed by atoms with Crippen LogP contribution in [0.15, 0.2) is 42.9 Å². The minimum absolute atomic E-state index is 0.0353. The van der Waals surface area contributed by atoms with Gasteiger partial charge < -0.3 is 5.32 Å². The molecule has 0 fully saturated rings. The lowest BCUT2D eigenvalue weighted by Crippen LogP contribution is -2.14. The van der Waals surface area contributed by atoms with E-state index in [4.69, 9.17) is 0 Å². The number of hydrogen-bond donors (Lipinski definition) is 1. The van der Waals surface area contributed by atoms with Crippen LogP contribution in [0.25, 0.3) is 0 Å². The molecular formula is C13H12F3N3. The van der Waals surface area contributed by atoms with Crippen molar-refractivity contribution in [3.8, 4) is 0 Å². The number of aromatic nitrogens is 2. The fourth-order valence-electron chi connectivity index (χ4n) is 1.70. The Labute approximate surface area is 108 Å². The highest BCUT2D eigenvalue weighted by Gasteiger charge is 2.33. The fraction of sp³-hybridized carbons (Fsp3) is 0.231. The molecule has 1 aromatic carbocycles. The van der Waals surface area contributed by atoms with Crippen molar-refractivity contribution in [1.29, 1.82) is 0 Å². The first kappa shape index (κ1) is 13.3. The lowest BCUT2D eigenvalue weighted by molar-refractivity contribution is -0.137. The summed E-state index contributed by atoms with van der Waals surface area (Å²) in [6, 6.07) is 5.00. The highest BCUT2D eigenvalue weighted by atomic mass is 19.4. The van der Waals surface area contributed by atoms with E-state index < -0.39 is 11.7 Å². The highest BCUT2D eigenvalue weighted by Crippen LogP contribution is 2.35. The minimum atomic E-state index is -4.38. The van der Waals surface area contributed by atoms with Gasteiger partial charge in [0.15, 0.2) is 0 Å². The van der Waals surface area contributed by atoms with E-state index in [-0.39, 0.29) is 11.7 Å². The van der Waals surface area contributed by atoms with Crippen molar-refractivity contribution in [2.24, 2.45) is 0 Å². The molecule has 1 aromatic heterocycles. The van der Waals surface area contributed by atoms with Crippen LogP contribution in [0.4, 0.5) is 18.9 Å². The summed E-state index contributed by atoms with van der Waals surface area (Å²) < 4.78 is 38.5. The van der Waals surface area contributed by atoms with Gasteiger partial charge in [-0.15, -0.1) is 0 Å². The molecule has 0 spiro atoms. The van der Waals surface area contributed by atoms with Crippen molar-refractivity contribution in [2.45, 2.75) is 19.1 Å². The van der Waals surface area contributed by atoms with E-state index in [1.807, 2.05) is 0 Å². The normalized spacial score (nSPS) is 13.1. The molecule has 0 aliphatic carbocycles. The second kappa shape index (κ2) is 5.26. The average Bonchev–Trinajstić information content (AvgIpc) is 2.39. The van der Waals surface area contributed by atoms with Crippen LogP contribution in [0.1, 0.15) is 24.2 Å². The maximum absolute atomic E-state index is 12.8. The lowest BCUT2D eigenvalue weighted by atomic mass is 10.1. The molecule has 1 N–H and O–H groups in total. The van der Waals surface area contributed by atoms with Gasteiger partial charge in [-0.1, -0.05) is 12.1 Å². The van der Waals surface area contributed by atoms with Gasteiger partial charge in [-0.2, -0.15) is 13.2 Å². The number of halogens is 3. The van der Waals surface area contributed by atoms with Crippen molar-refractivity contribution < 1.29 is 13.2 Å². The van der Waals surface area contributed by atoms with Gasteiger partial charge in [0, 0.05) is 18.1 Å². The molecule has 1 unspecified atom stereocenters. The zero-order valence-electron chi connectivity index (χ0n) is 10.1. The summed E-state index contributed by atoms with van der Waals surface area (Å²) in [5, 5.41) is 2.81. The monoisotopic (exact) mass is 267 g/mol. The van der Waals surface area contributed by atoms with Crippen LogP contribution < -0.4 is 5.32 Å². The molecule has 1 atom stereocenters. The van der Waals surface area contributed by atoms with Crippen LogP contribution in [0.3, 0.4) is 0 Å². The molecule has 2 rings (SSSR count). The summed E-state index contributed by atoms with van der Waals surface area (Å²) in [7, 11) is 0. The van der Waals surface area contributed by atoms with Crippen LogP contribution in [0, 0.1) is 0 Å². The molecule has 19 heavy (non-hydrogen) atoms. The standard InChI is InChI=1S/C13H12F3N3/c1-9(12-8-17-6-7-18-12)19-11-5-3-2-4-10(11)13(14,15)16/h2-9,19H,1H3. The highest BCUT2D eigenvalue weighted by molar-refractivity contribution is 5.53. The molecule has 0 aliphatic heterocycles. The number of benzene rings is 1. The summed E-state index contributed by atoms with van der Waals surface area (Å²) in [5.74, 6) is 0. The Hall–Kier alpha value is -2.11. The predicted molar refractivity (Wildman–Crippen MR) is 65.5 cm³/mol. The summed E-state index contributed by atoms with van der Waals surface area (Å²) in [6.45, 7) is 1.73. The van der Waals surface area contributed by atoms with Crippen LogP contribution in [-0.4, -0.2) is 9.97 Å². The molecule has 100 valence electrons. The summed E-state index contributed by atoms with van der Waals surface area (Å²) in [4.78, 5) is 7.95. The Kier molecular flexibility index (Phi) is 3.69. The van der Waals surface area contributed by atoms with Gasteiger partial charge in [0.05, 0.1) is 23.5 Å². The maximum Gasteiger partial charge on any atom is 0.418 e. The van der Waals surface area contributed by atoms with Crippen LogP contribution in [0.5, 0.6) is 0 Å². The van der Waals surface area contributed by atoms with Gasteiger partial charge in [0.25, 0.3) is 0 Å². The second-order valence-corrected chi connectivity index (χ2v) is 4.04. The van der Waals surface area contributed by atoms with Gasteiger partial charge in [-0.25, -0.2) is 0 Å². The van der Waals surface area contributed by atoms with E-state index in [0.717, 1.165) is 6.07 Å². The van der Waals surface area contributed by atoms with Crippen molar-refractivity contribution in [2.75, 3.05) is 5.32 Å². The molecule has 0 saturated heterocycles. The third kappa shape index (κ3) is 3.21. The maximum atomic E-state index is 12.8. The first-order valence-corrected chi connectivity index (χ1v) is 5.67. The molecule has 0 amide bonds. The lowest BCUT2D eigenvalue weighted by Gasteiger charge is -2.18. The molecule has 6 heteroatoms. The molecule has 0 saturated carbocycles. The molecule has 2 aromatic rings. The third-order valence-corrected chi connectivity index (χ3v) is 2.63. The molecule has 1 heterocycles. The largest absolute Gasteiger partial charge is 0.418 e. The molecule has 3 nitrogen and oxygen atoms in total. The zero-order valence-corrected chi connectivity index (χ0v) is 10.1. The third-order valence-electron chi connectivity index (χ3n) is 2.63. The fourth-order valence-corrected chi connectivity index (χ4v) is 1.70. The van der Waals surface area contributed by atoms with E-state index in [0.29, 0.717) is 5.69 Å². The number of nitrogens with zero attached hydrogens (tertiary/aromatic N) is 2. The number of rotatable bonds is 3. The Balaban J connectivity index is 2.25. The number of hydrogen-bond acceptors (Lipinski definition) is 3. The Morgan fingerprint density at radius 3 is 2.53 bits per heavy atom. The van der Waals surface area contributed by atoms with Crippen molar-refractivity contribution in [3.63, 3.8) is 0 Å². The summed E-state index contributed by atoms with van der Waals surface area (Å²) in [5.41, 5.74) is -0.0710. The predicted octanol–water partition coefficient (Wildman–Crippen LogP) is 3.67. The van der Waals surface area contributed by atoms with Crippen molar-refractivity contribution in [3.05, 3.63) is 54.1 Å². The van der Waals surface area contributed by atoms with Gasteiger partial charge in [0.1, 0.15) is 0 Å². The Morgan fingerprint density at radius 2 is 1.89 bits per heavy atom. The van der Waals surface area contributed by atoms with Crippen LogP contribution in [0.2, 0.25) is 0 Å². The summed E-state index contributed by atoms with van der Waals surface area (Å²) in [6.07, 6.45) is 0.155. The van der Waals surface area contributed by atoms with Crippen LogP contribution in [-0.2, 0) is 6.18 Å². The minimum Gasteiger partial charge on any atom is -0.376 e. The van der Waals surface area contributed by atoms with E-state index in [1.165, 1.54) is 30.7 Å². The summed E-state index contributed by atoms with van der Waals surface area (Å²) >= 11 is 0. The van der Waals surface area contributed by atoms with Gasteiger partial charge in [0.2, 0.25) is 0 Å². The smallest absolute Gasteiger partial charge is 0.376 e. The SMILES string of the molecule is CC(Nc1ccccc1C(F)(F)F)c1cnccn1. The number of anilines is 1. The number of nitrogens with one attached hydrogen (secondary N) is 1. The quantitative estimate of drug-likeness (QED) is 0.922. The number of alkyl halides is 3. The van der Waals surface area contributed by atoms with Crippen LogP contribution >= 0.6 is 0 Å². The first-order chi connectivity index (χ1) is 8.98. The zero-order chi connectivity index (χ0) is 13.9. The van der Waals surface area contributed by atoms with Gasteiger partial charge in [-0.05, 0) is 19.1 Å². The Bertz CT molecular complexity index is 540. The van der Waals surface area contributed by atoms with E-state index >= 15 is 0 Å². The average molecular weight is 267 g/mol. The Morgan fingerprint density at radius 1 is 1.16 bits per heavy atom. The van der Waals surface area contributed by atoms with Gasteiger partial charge >= 0.3 is 6.18 Å². The van der Waals surface area contributed by atoms with Crippen molar-refractivity contribution in [1.82, 2.24) is 9.97 Å². The molecular weight excluding hydrogens is 255 g/mol. The van der Waals surface area contributed by atoms with Crippen molar-refractivity contribution >= 4 is 5.69 Å². The van der Waals surface area contributed by atoms with E-state index in [1.54, 1.807) is 13.0 Å². The molecule has 0 bridgehead atoms. The van der Waals surface area contributed by atoms with E-state index in [9.17, 15) is 13.2 Å². The first-order valence-electron chi connectivity index (χ1n) is 5.67. The topological polar surface area (TPSA) is 37.8 Å².